The molecule has 17 heavy (non-hydrogen) atoms. The summed E-state index contributed by atoms with van der Waals surface area (Å²) < 4.78 is 7.28. The van der Waals surface area contributed by atoms with Gasteiger partial charge in [-0.3, -0.25) is 0 Å². The number of ether oxygens (including phenoxy) is 1. The van der Waals surface area contributed by atoms with Crippen molar-refractivity contribution in [2.45, 2.75) is 24.0 Å². The summed E-state index contributed by atoms with van der Waals surface area (Å²) in [5.41, 5.74) is 0. The van der Waals surface area contributed by atoms with E-state index < -0.39 is 0 Å². The fraction of sp³-hybridized carbons (Fsp3) is 0.500. The molecule has 3 heterocycles. The number of rotatable bonds is 3. The Morgan fingerprint density at radius 2 is 2.53 bits per heavy atom. The van der Waals surface area contributed by atoms with Gasteiger partial charge in [0.2, 0.25) is 0 Å². The topological polar surface area (TPSA) is 52.3 Å². The Morgan fingerprint density at radius 3 is 3.35 bits per heavy atom. The molecule has 1 unspecified atom stereocenters. The highest BCUT2D eigenvalue weighted by atomic mass is 35.5. The third-order valence-electron chi connectivity index (χ3n) is 2.63. The fourth-order valence-electron chi connectivity index (χ4n) is 1.81. The summed E-state index contributed by atoms with van der Waals surface area (Å²) in [6.07, 6.45) is 4.10. The molecule has 2 aromatic rings. The highest BCUT2D eigenvalue weighted by Gasteiger charge is 2.17. The van der Waals surface area contributed by atoms with Crippen LogP contribution in [0.3, 0.4) is 0 Å². The summed E-state index contributed by atoms with van der Waals surface area (Å²) >= 11 is 7.62. The summed E-state index contributed by atoms with van der Waals surface area (Å²) in [5, 5.41) is 5.52. The monoisotopic (exact) mass is 270 g/mol. The first-order valence-corrected chi connectivity index (χ1v) is 6.80. The van der Waals surface area contributed by atoms with Crippen LogP contribution in [0.25, 0.3) is 5.78 Å². The minimum absolute atomic E-state index is 0.338. The molecule has 1 fully saturated rings. The standard InChI is InChI=1S/C10H11ClN4OS/c11-8-4-9(15-10(14-8)12-6-13-15)17-5-7-2-1-3-16-7/h4,6-7H,1-3,5H2. The van der Waals surface area contributed by atoms with Crippen molar-refractivity contribution >= 4 is 29.1 Å². The molecule has 0 radical (unpaired) electrons. The molecule has 0 N–H and O–H groups in total. The lowest BCUT2D eigenvalue weighted by atomic mass is 10.3. The first-order chi connectivity index (χ1) is 8.33. The zero-order chi connectivity index (χ0) is 11.7. The van der Waals surface area contributed by atoms with Crippen molar-refractivity contribution in [3.8, 4) is 0 Å². The third-order valence-corrected chi connectivity index (χ3v) is 3.95. The molecule has 0 aromatic carbocycles. The van der Waals surface area contributed by atoms with Gasteiger partial charge in [0.05, 0.1) is 6.10 Å². The average Bonchev–Trinajstić information content (AvgIpc) is 2.95. The van der Waals surface area contributed by atoms with E-state index in [0.29, 0.717) is 17.0 Å². The SMILES string of the molecule is Clc1cc(SCC2CCCO2)n2ncnc2n1. The third kappa shape index (κ3) is 2.38. The molecule has 5 nitrogen and oxygen atoms in total. The molecule has 0 bridgehead atoms. The van der Waals surface area contributed by atoms with Crippen molar-refractivity contribution in [3.05, 3.63) is 17.5 Å². The van der Waals surface area contributed by atoms with Crippen LogP contribution in [0.15, 0.2) is 17.4 Å². The number of hydrogen-bond acceptors (Lipinski definition) is 5. The molecule has 0 spiro atoms. The van der Waals surface area contributed by atoms with Gasteiger partial charge in [0.1, 0.15) is 16.5 Å². The first kappa shape index (κ1) is 11.3. The predicted octanol–water partition coefficient (Wildman–Crippen LogP) is 2.05. The maximum atomic E-state index is 5.94. The summed E-state index contributed by atoms with van der Waals surface area (Å²) in [6, 6.07) is 1.81. The Balaban J connectivity index is 1.81. The van der Waals surface area contributed by atoms with Gasteiger partial charge >= 0.3 is 0 Å². The van der Waals surface area contributed by atoms with Crippen molar-refractivity contribution < 1.29 is 4.74 Å². The van der Waals surface area contributed by atoms with Crippen LogP contribution >= 0.6 is 23.4 Å². The van der Waals surface area contributed by atoms with Crippen LogP contribution in [0, 0.1) is 0 Å². The van der Waals surface area contributed by atoms with Crippen LogP contribution in [0.2, 0.25) is 5.15 Å². The van der Waals surface area contributed by atoms with Gasteiger partial charge in [0, 0.05) is 18.4 Å². The predicted molar refractivity (Wildman–Crippen MR) is 65.5 cm³/mol. The van der Waals surface area contributed by atoms with Crippen LogP contribution in [0.4, 0.5) is 0 Å². The lowest BCUT2D eigenvalue weighted by Gasteiger charge is -2.09. The zero-order valence-electron chi connectivity index (χ0n) is 9.04. The van der Waals surface area contributed by atoms with E-state index in [2.05, 4.69) is 15.1 Å². The van der Waals surface area contributed by atoms with E-state index in [0.717, 1.165) is 30.2 Å². The van der Waals surface area contributed by atoms with Gasteiger partial charge in [-0.25, -0.2) is 0 Å². The van der Waals surface area contributed by atoms with Crippen molar-refractivity contribution in [1.82, 2.24) is 19.6 Å². The quantitative estimate of drug-likeness (QED) is 0.631. The number of thioether (sulfide) groups is 1. The minimum Gasteiger partial charge on any atom is -0.377 e. The maximum Gasteiger partial charge on any atom is 0.254 e. The van der Waals surface area contributed by atoms with Crippen molar-refractivity contribution in [3.63, 3.8) is 0 Å². The number of aromatic nitrogens is 4. The second kappa shape index (κ2) is 4.80. The average molecular weight is 271 g/mol. The van der Waals surface area contributed by atoms with E-state index in [9.17, 15) is 0 Å². The number of hydrogen-bond donors (Lipinski definition) is 0. The van der Waals surface area contributed by atoms with Gasteiger partial charge < -0.3 is 4.74 Å². The normalized spacial score (nSPS) is 20.2. The Bertz CT molecular complexity index is 526. The molecule has 1 aliphatic heterocycles. The summed E-state index contributed by atoms with van der Waals surface area (Å²) in [4.78, 5) is 8.12. The van der Waals surface area contributed by atoms with E-state index in [4.69, 9.17) is 16.3 Å². The molecule has 3 rings (SSSR count). The number of fused-ring (bicyclic) bond motifs is 1. The van der Waals surface area contributed by atoms with E-state index in [1.165, 1.54) is 6.33 Å². The Hall–Kier alpha value is -0.850. The molecule has 2 aromatic heterocycles. The van der Waals surface area contributed by atoms with E-state index in [1.807, 2.05) is 6.07 Å². The summed E-state index contributed by atoms with van der Waals surface area (Å²) in [5.74, 6) is 1.45. The molecule has 1 saturated heterocycles. The second-order valence-electron chi connectivity index (χ2n) is 3.83. The van der Waals surface area contributed by atoms with Gasteiger partial charge in [-0.05, 0) is 12.8 Å². The Labute approximate surface area is 108 Å². The minimum atomic E-state index is 0.338. The van der Waals surface area contributed by atoms with Gasteiger partial charge in [-0.1, -0.05) is 11.6 Å². The summed E-state index contributed by atoms with van der Waals surface area (Å²) in [7, 11) is 0. The van der Waals surface area contributed by atoms with Gasteiger partial charge in [-0.15, -0.1) is 11.8 Å². The number of nitrogens with zero attached hydrogens (tertiary/aromatic N) is 4. The second-order valence-corrected chi connectivity index (χ2v) is 5.26. The van der Waals surface area contributed by atoms with E-state index >= 15 is 0 Å². The van der Waals surface area contributed by atoms with Crippen LogP contribution in [-0.2, 0) is 4.74 Å². The van der Waals surface area contributed by atoms with Gasteiger partial charge in [0.15, 0.2) is 0 Å². The highest BCUT2D eigenvalue weighted by Crippen LogP contribution is 2.25. The molecule has 1 aliphatic rings. The Morgan fingerprint density at radius 1 is 1.59 bits per heavy atom. The van der Waals surface area contributed by atoms with Crippen molar-refractivity contribution in [1.29, 1.82) is 0 Å². The van der Waals surface area contributed by atoms with Crippen LogP contribution in [-0.4, -0.2) is 38.0 Å². The summed E-state index contributed by atoms with van der Waals surface area (Å²) in [6.45, 7) is 0.876. The maximum absolute atomic E-state index is 5.94. The van der Waals surface area contributed by atoms with E-state index in [-0.39, 0.29) is 0 Å². The first-order valence-electron chi connectivity index (χ1n) is 5.43. The lowest BCUT2D eigenvalue weighted by molar-refractivity contribution is 0.129. The molecular weight excluding hydrogens is 260 g/mol. The molecule has 0 aliphatic carbocycles. The molecule has 7 heteroatoms. The highest BCUT2D eigenvalue weighted by molar-refractivity contribution is 7.99. The van der Waals surface area contributed by atoms with Crippen molar-refractivity contribution in [2.75, 3.05) is 12.4 Å². The molecular formula is C10H11ClN4OS. The van der Waals surface area contributed by atoms with Crippen molar-refractivity contribution in [2.24, 2.45) is 0 Å². The fourth-order valence-corrected chi connectivity index (χ4v) is 3.12. The smallest absolute Gasteiger partial charge is 0.254 e. The molecule has 0 saturated carbocycles. The van der Waals surface area contributed by atoms with Gasteiger partial charge in [0.25, 0.3) is 5.78 Å². The van der Waals surface area contributed by atoms with Crippen LogP contribution in [0.1, 0.15) is 12.8 Å². The van der Waals surface area contributed by atoms with Crippen LogP contribution in [0.5, 0.6) is 0 Å². The Kier molecular flexibility index (Phi) is 3.17. The largest absolute Gasteiger partial charge is 0.377 e. The lowest BCUT2D eigenvalue weighted by Crippen LogP contribution is -2.08. The number of halogens is 1. The molecule has 0 amide bonds. The molecule has 90 valence electrons. The zero-order valence-corrected chi connectivity index (χ0v) is 10.6. The molecule has 1 atom stereocenters. The van der Waals surface area contributed by atoms with E-state index in [1.54, 1.807) is 16.3 Å². The van der Waals surface area contributed by atoms with Crippen LogP contribution < -0.4 is 0 Å². The van der Waals surface area contributed by atoms with Gasteiger partial charge in [-0.2, -0.15) is 19.6 Å².